The van der Waals surface area contributed by atoms with Gasteiger partial charge in [0, 0.05) is 30.4 Å². The van der Waals surface area contributed by atoms with Crippen molar-refractivity contribution in [3.63, 3.8) is 0 Å². The van der Waals surface area contributed by atoms with Crippen molar-refractivity contribution in [1.82, 2.24) is 9.55 Å². The van der Waals surface area contributed by atoms with Crippen LogP contribution in [0, 0.1) is 19.7 Å². The molecule has 1 aromatic carbocycles. The molecular weight excluding hydrogens is 357 g/mol. The number of nitrogens with zero attached hydrogens (tertiary/aromatic N) is 2. The maximum Gasteiger partial charge on any atom is 0.229 e. The molecule has 2 aromatic heterocycles. The summed E-state index contributed by atoms with van der Waals surface area (Å²) >= 11 is 0. The molecule has 0 unspecified atom stereocenters. The SMILES string of the molecule is Cc1cnc2c(c1)c(C(=O)c1c(C)ccc(NS(C)(=O)=O)c1F)cn2C. The normalized spacial score (nSPS) is 11.7. The molecule has 136 valence electrons. The van der Waals surface area contributed by atoms with E-state index >= 15 is 0 Å². The van der Waals surface area contributed by atoms with Gasteiger partial charge in [0.05, 0.1) is 17.5 Å². The van der Waals surface area contributed by atoms with Gasteiger partial charge in [-0.1, -0.05) is 6.07 Å². The van der Waals surface area contributed by atoms with Gasteiger partial charge in [-0.15, -0.1) is 0 Å². The van der Waals surface area contributed by atoms with E-state index in [0.29, 0.717) is 22.2 Å². The Balaban J connectivity index is 2.20. The van der Waals surface area contributed by atoms with Crippen LogP contribution in [0.15, 0.2) is 30.6 Å². The highest BCUT2D eigenvalue weighted by Crippen LogP contribution is 2.28. The molecule has 0 radical (unpaired) electrons. The number of ketones is 1. The van der Waals surface area contributed by atoms with E-state index in [9.17, 15) is 17.6 Å². The zero-order valence-electron chi connectivity index (χ0n) is 14.8. The van der Waals surface area contributed by atoms with E-state index in [1.165, 1.54) is 12.1 Å². The molecule has 0 saturated heterocycles. The van der Waals surface area contributed by atoms with Crippen molar-refractivity contribution in [2.45, 2.75) is 13.8 Å². The molecule has 0 fully saturated rings. The zero-order valence-corrected chi connectivity index (χ0v) is 15.6. The summed E-state index contributed by atoms with van der Waals surface area (Å²) in [5.74, 6) is -1.41. The second-order valence-electron chi connectivity index (χ2n) is 6.36. The number of anilines is 1. The molecule has 0 saturated carbocycles. The first-order valence-electron chi connectivity index (χ1n) is 7.82. The van der Waals surface area contributed by atoms with Crippen molar-refractivity contribution in [2.24, 2.45) is 7.05 Å². The van der Waals surface area contributed by atoms with Crippen LogP contribution in [-0.2, 0) is 17.1 Å². The fraction of sp³-hybridized carbons (Fsp3) is 0.222. The Morgan fingerprint density at radius 1 is 1.27 bits per heavy atom. The van der Waals surface area contributed by atoms with E-state index in [1.54, 1.807) is 30.9 Å². The monoisotopic (exact) mass is 375 g/mol. The minimum absolute atomic E-state index is 0.160. The minimum atomic E-state index is -3.67. The van der Waals surface area contributed by atoms with Crippen molar-refractivity contribution in [3.05, 3.63) is 58.7 Å². The van der Waals surface area contributed by atoms with Crippen LogP contribution in [0.3, 0.4) is 0 Å². The first-order valence-corrected chi connectivity index (χ1v) is 9.71. The number of benzene rings is 1. The number of fused-ring (bicyclic) bond motifs is 1. The predicted molar refractivity (Wildman–Crippen MR) is 98.5 cm³/mol. The molecule has 3 rings (SSSR count). The Bertz CT molecular complexity index is 1150. The quantitative estimate of drug-likeness (QED) is 0.711. The molecule has 0 amide bonds. The summed E-state index contributed by atoms with van der Waals surface area (Å²) < 4.78 is 41.6. The number of pyridine rings is 1. The van der Waals surface area contributed by atoms with Crippen molar-refractivity contribution >= 4 is 32.5 Å². The summed E-state index contributed by atoms with van der Waals surface area (Å²) in [6, 6.07) is 4.64. The van der Waals surface area contributed by atoms with Crippen LogP contribution >= 0.6 is 0 Å². The van der Waals surface area contributed by atoms with Gasteiger partial charge < -0.3 is 4.57 Å². The van der Waals surface area contributed by atoms with Crippen LogP contribution < -0.4 is 4.72 Å². The van der Waals surface area contributed by atoms with Crippen molar-refractivity contribution in [1.29, 1.82) is 0 Å². The molecule has 26 heavy (non-hydrogen) atoms. The third-order valence-corrected chi connectivity index (χ3v) is 4.66. The standard InChI is InChI=1S/C18H18FN3O3S/c1-10-7-12-13(9-22(3)18(12)20-8-10)17(23)15-11(2)5-6-14(16(15)19)21-26(4,24)25/h5-9,21H,1-4H3. The van der Waals surface area contributed by atoms with E-state index in [1.807, 2.05) is 13.0 Å². The van der Waals surface area contributed by atoms with E-state index in [-0.39, 0.29) is 11.3 Å². The summed E-state index contributed by atoms with van der Waals surface area (Å²) in [4.78, 5) is 17.4. The van der Waals surface area contributed by atoms with E-state index in [0.717, 1.165) is 11.8 Å². The number of sulfonamides is 1. The number of halogens is 1. The Morgan fingerprint density at radius 2 is 1.96 bits per heavy atom. The predicted octanol–water partition coefficient (Wildman–Crippen LogP) is 2.93. The van der Waals surface area contributed by atoms with Gasteiger partial charge in [0.1, 0.15) is 5.65 Å². The molecule has 8 heteroatoms. The van der Waals surface area contributed by atoms with E-state index in [4.69, 9.17) is 0 Å². The second-order valence-corrected chi connectivity index (χ2v) is 8.11. The highest BCUT2D eigenvalue weighted by molar-refractivity contribution is 7.92. The lowest BCUT2D eigenvalue weighted by Crippen LogP contribution is -2.14. The summed E-state index contributed by atoms with van der Waals surface area (Å²) in [5, 5.41) is 0.623. The first kappa shape index (κ1) is 18.1. The van der Waals surface area contributed by atoms with Crippen LogP contribution in [0.25, 0.3) is 11.0 Å². The van der Waals surface area contributed by atoms with Gasteiger partial charge in [0.15, 0.2) is 11.6 Å². The number of carbonyl (C=O) groups excluding carboxylic acids is 1. The Kier molecular flexibility index (Phi) is 4.31. The third kappa shape index (κ3) is 3.20. The molecule has 0 bridgehead atoms. The van der Waals surface area contributed by atoms with Crippen molar-refractivity contribution < 1.29 is 17.6 Å². The lowest BCUT2D eigenvalue weighted by atomic mass is 9.97. The number of carbonyl (C=O) groups is 1. The lowest BCUT2D eigenvalue weighted by molar-refractivity contribution is 0.103. The Morgan fingerprint density at radius 3 is 2.62 bits per heavy atom. The topological polar surface area (TPSA) is 81.1 Å². The van der Waals surface area contributed by atoms with E-state index in [2.05, 4.69) is 9.71 Å². The Labute approximate surface area is 150 Å². The number of aromatic nitrogens is 2. The number of rotatable bonds is 4. The minimum Gasteiger partial charge on any atom is -0.335 e. The van der Waals surface area contributed by atoms with Gasteiger partial charge in [0.2, 0.25) is 10.0 Å². The average Bonchev–Trinajstić information content (AvgIpc) is 2.85. The summed E-state index contributed by atoms with van der Waals surface area (Å²) in [5.41, 5.74) is 1.81. The molecule has 0 aliphatic rings. The Hall–Kier alpha value is -2.74. The molecule has 0 aliphatic heterocycles. The van der Waals surface area contributed by atoms with Gasteiger partial charge in [-0.3, -0.25) is 9.52 Å². The first-order chi connectivity index (χ1) is 12.1. The molecule has 0 aliphatic carbocycles. The molecule has 0 atom stereocenters. The van der Waals surface area contributed by atoms with Crippen molar-refractivity contribution in [2.75, 3.05) is 11.0 Å². The fourth-order valence-corrected chi connectivity index (χ4v) is 3.47. The largest absolute Gasteiger partial charge is 0.335 e. The molecule has 6 nitrogen and oxygen atoms in total. The number of aryl methyl sites for hydroxylation is 3. The van der Waals surface area contributed by atoms with Gasteiger partial charge in [0.25, 0.3) is 0 Å². The highest BCUT2D eigenvalue weighted by atomic mass is 32.2. The maximum absolute atomic E-state index is 14.9. The van der Waals surface area contributed by atoms with Gasteiger partial charge in [-0.05, 0) is 37.1 Å². The smallest absolute Gasteiger partial charge is 0.229 e. The number of nitrogens with one attached hydrogen (secondary N) is 1. The van der Waals surface area contributed by atoms with Crippen molar-refractivity contribution in [3.8, 4) is 0 Å². The average molecular weight is 375 g/mol. The molecule has 3 aromatic rings. The van der Waals surface area contributed by atoms with Gasteiger partial charge in [-0.2, -0.15) is 0 Å². The lowest BCUT2D eigenvalue weighted by Gasteiger charge is -2.11. The second kappa shape index (κ2) is 6.21. The summed E-state index contributed by atoms with van der Waals surface area (Å²) in [6.45, 7) is 3.46. The van der Waals surface area contributed by atoms with Gasteiger partial charge >= 0.3 is 0 Å². The molecular formula is C18H18FN3O3S. The third-order valence-electron chi connectivity index (χ3n) is 4.07. The molecule has 1 N–H and O–H groups in total. The van der Waals surface area contributed by atoms with Crippen LogP contribution in [0.1, 0.15) is 27.0 Å². The highest BCUT2D eigenvalue weighted by Gasteiger charge is 2.24. The van der Waals surface area contributed by atoms with E-state index < -0.39 is 21.6 Å². The van der Waals surface area contributed by atoms with Crippen LogP contribution in [0.4, 0.5) is 10.1 Å². The zero-order chi connectivity index (χ0) is 19.2. The van der Waals surface area contributed by atoms with Gasteiger partial charge in [-0.25, -0.2) is 17.8 Å². The molecule has 2 heterocycles. The summed E-state index contributed by atoms with van der Waals surface area (Å²) in [6.07, 6.45) is 4.22. The number of hydrogen-bond acceptors (Lipinski definition) is 4. The number of hydrogen-bond donors (Lipinski definition) is 1. The summed E-state index contributed by atoms with van der Waals surface area (Å²) in [7, 11) is -1.91. The van der Waals surface area contributed by atoms with Crippen LogP contribution in [-0.4, -0.2) is 30.0 Å². The fourth-order valence-electron chi connectivity index (χ4n) is 2.91. The molecule has 0 spiro atoms. The maximum atomic E-state index is 14.9. The van der Waals surface area contributed by atoms with Crippen LogP contribution in [0.2, 0.25) is 0 Å². The van der Waals surface area contributed by atoms with Crippen LogP contribution in [0.5, 0.6) is 0 Å².